The smallest absolute Gasteiger partial charge is 0.266 e. The Morgan fingerprint density at radius 2 is 2.00 bits per heavy atom. The van der Waals surface area contributed by atoms with Gasteiger partial charge in [-0.3, -0.25) is 14.3 Å². The van der Waals surface area contributed by atoms with Gasteiger partial charge in [0, 0.05) is 7.05 Å². The number of carbonyl (C=O) groups excluding carboxylic acids is 1. The van der Waals surface area contributed by atoms with Gasteiger partial charge < -0.3 is 9.32 Å². The predicted molar refractivity (Wildman–Crippen MR) is 116 cm³/mol. The van der Waals surface area contributed by atoms with Crippen LogP contribution in [0, 0.1) is 0 Å². The van der Waals surface area contributed by atoms with Crippen molar-refractivity contribution in [2.45, 2.75) is 39.8 Å². The largest absolute Gasteiger partial charge is 0.438 e. The zero-order chi connectivity index (χ0) is 19.7. The maximum absolute atomic E-state index is 12.6. The molecule has 156 valence electrons. The van der Waals surface area contributed by atoms with Gasteiger partial charge in [0.1, 0.15) is 22.7 Å². The average Bonchev–Trinajstić information content (AvgIpc) is 3.39. The fourth-order valence-corrected chi connectivity index (χ4v) is 4.52. The summed E-state index contributed by atoms with van der Waals surface area (Å²) in [4.78, 5) is 26.5. The summed E-state index contributed by atoms with van der Waals surface area (Å²) in [6, 6.07) is 1.96. The molecule has 1 amide bonds. The fraction of sp³-hybridized carbons (Fsp3) is 0.450. The summed E-state index contributed by atoms with van der Waals surface area (Å²) in [6.45, 7) is 7.66. The standard InChI is InChI=1S/C20H25N5O2S.ClH/c1-4-7-24(8-5-2)11-14-10-21-19(27-14)17-16-12-23(3)20(26)18-15(6-9-28-18)25(16)13-22-17;/h6,9-10,13H,4-5,7-8,11-12H2,1-3H3;1H. The van der Waals surface area contributed by atoms with Crippen molar-refractivity contribution in [1.82, 2.24) is 24.3 Å². The van der Waals surface area contributed by atoms with Crippen LogP contribution < -0.4 is 0 Å². The number of aromatic nitrogens is 3. The molecule has 0 unspecified atom stereocenters. The zero-order valence-electron chi connectivity index (χ0n) is 16.9. The lowest BCUT2D eigenvalue weighted by molar-refractivity contribution is 0.0792. The molecule has 7 nitrogen and oxygen atoms in total. The second kappa shape index (κ2) is 9.11. The van der Waals surface area contributed by atoms with Gasteiger partial charge in [-0.25, -0.2) is 9.97 Å². The van der Waals surface area contributed by atoms with Crippen molar-refractivity contribution >= 4 is 29.7 Å². The maximum atomic E-state index is 12.6. The normalized spacial score (nSPS) is 13.2. The van der Waals surface area contributed by atoms with Gasteiger partial charge in [-0.1, -0.05) is 13.8 Å². The number of carbonyl (C=O) groups is 1. The van der Waals surface area contributed by atoms with E-state index in [-0.39, 0.29) is 18.3 Å². The topological polar surface area (TPSA) is 67.4 Å². The number of oxazole rings is 1. The van der Waals surface area contributed by atoms with Crippen molar-refractivity contribution in [1.29, 1.82) is 0 Å². The Bertz CT molecular complexity index is 973. The molecule has 0 saturated carbocycles. The van der Waals surface area contributed by atoms with Gasteiger partial charge >= 0.3 is 0 Å². The Balaban J connectivity index is 0.00000240. The molecular formula is C20H26ClN5O2S. The van der Waals surface area contributed by atoms with Crippen molar-refractivity contribution in [3.05, 3.63) is 40.3 Å². The van der Waals surface area contributed by atoms with Crippen LogP contribution in [0.3, 0.4) is 0 Å². The Labute approximate surface area is 180 Å². The highest BCUT2D eigenvalue weighted by molar-refractivity contribution is 7.12. The van der Waals surface area contributed by atoms with E-state index >= 15 is 0 Å². The number of hydrogen-bond donors (Lipinski definition) is 0. The number of amides is 1. The Morgan fingerprint density at radius 3 is 2.72 bits per heavy atom. The van der Waals surface area contributed by atoms with Gasteiger partial charge in [-0.05, 0) is 37.4 Å². The molecule has 0 aliphatic carbocycles. The van der Waals surface area contributed by atoms with Crippen LogP contribution in [0.4, 0.5) is 0 Å². The number of thiophene rings is 1. The quantitative estimate of drug-likeness (QED) is 0.555. The van der Waals surface area contributed by atoms with Gasteiger partial charge in [-0.2, -0.15) is 0 Å². The second-order valence-corrected chi connectivity index (χ2v) is 8.03. The first-order chi connectivity index (χ1) is 13.6. The highest BCUT2D eigenvalue weighted by Crippen LogP contribution is 2.32. The lowest BCUT2D eigenvalue weighted by atomic mass is 10.3. The molecule has 1 aliphatic heterocycles. The summed E-state index contributed by atoms with van der Waals surface area (Å²) in [5.41, 5.74) is 2.49. The maximum Gasteiger partial charge on any atom is 0.266 e. The lowest BCUT2D eigenvalue weighted by Crippen LogP contribution is -2.24. The van der Waals surface area contributed by atoms with Crippen molar-refractivity contribution in [2.75, 3.05) is 20.1 Å². The fourth-order valence-electron chi connectivity index (χ4n) is 3.65. The highest BCUT2D eigenvalue weighted by Gasteiger charge is 2.29. The SMILES string of the molecule is CCCN(CCC)Cc1cnc(-c2ncn3c2CN(C)C(=O)c2sccc2-3)o1.Cl. The molecule has 29 heavy (non-hydrogen) atoms. The Morgan fingerprint density at radius 1 is 1.24 bits per heavy atom. The van der Waals surface area contributed by atoms with Gasteiger partial charge in [0.2, 0.25) is 5.89 Å². The molecule has 0 N–H and O–H groups in total. The molecule has 4 rings (SSSR count). The molecule has 0 atom stereocenters. The molecule has 1 aliphatic rings. The third-order valence-corrected chi connectivity index (χ3v) is 5.81. The van der Waals surface area contributed by atoms with Crippen molar-refractivity contribution in [3.8, 4) is 17.3 Å². The molecule has 0 bridgehead atoms. The molecule has 0 saturated heterocycles. The second-order valence-electron chi connectivity index (χ2n) is 7.11. The van der Waals surface area contributed by atoms with Gasteiger partial charge in [-0.15, -0.1) is 23.7 Å². The summed E-state index contributed by atoms with van der Waals surface area (Å²) in [6.07, 6.45) is 5.77. The summed E-state index contributed by atoms with van der Waals surface area (Å²) >= 11 is 1.45. The molecule has 3 aromatic rings. The van der Waals surface area contributed by atoms with Crippen LogP contribution in [0.15, 0.2) is 28.4 Å². The third kappa shape index (κ3) is 4.10. The third-order valence-electron chi connectivity index (χ3n) is 4.91. The zero-order valence-corrected chi connectivity index (χ0v) is 18.6. The average molecular weight is 436 g/mol. The molecule has 3 aromatic heterocycles. The number of halogens is 1. The molecule has 0 radical (unpaired) electrons. The van der Waals surface area contributed by atoms with E-state index in [0.29, 0.717) is 18.1 Å². The van der Waals surface area contributed by atoms with E-state index < -0.39 is 0 Å². The molecule has 9 heteroatoms. The Kier molecular flexibility index (Phi) is 6.77. The molecule has 0 fully saturated rings. The monoisotopic (exact) mass is 435 g/mol. The van der Waals surface area contributed by atoms with E-state index in [9.17, 15) is 4.79 Å². The number of fused-ring (bicyclic) bond motifs is 3. The molecule has 0 spiro atoms. The van der Waals surface area contributed by atoms with Crippen molar-refractivity contribution < 1.29 is 9.21 Å². The number of imidazole rings is 1. The minimum atomic E-state index is 0. The van der Waals surface area contributed by atoms with Crippen LogP contribution in [-0.2, 0) is 13.1 Å². The van der Waals surface area contributed by atoms with E-state index in [2.05, 4.69) is 28.7 Å². The van der Waals surface area contributed by atoms with Crippen LogP contribution in [0.25, 0.3) is 17.3 Å². The van der Waals surface area contributed by atoms with Gasteiger partial charge in [0.15, 0.2) is 0 Å². The highest BCUT2D eigenvalue weighted by atomic mass is 35.5. The summed E-state index contributed by atoms with van der Waals surface area (Å²) in [5.74, 6) is 1.38. The lowest BCUT2D eigenvalue weighted by Gasteiger charge is -2.18. The predicted octanol–water partition coefficient (Wildman–Crippen LogP) is 4.22. The summed E-state index contributed by atoms with van der Waals surface area (Å²) in [7, 11) is 1.81. The van der Waals surface area contributed by atoms with E-state index in [1.54, 1.807) is 17.4 Å². The van der Waals surface area contributed by atoms with Crippen LogP contribution >= 0.6 is 23.7 Å². The van der Waals surface area contributed by atoms with Crippen LogP contribution in [0.1, 0.15) is 47.8 Å². The number of hydrogen-bond acceptors (Lipinski definition) is 6. The molecule has 0 aromatic carbocycles. The number of nitrogens with zero attached hydrogens (tertiary/aromatic N) is 5. The minimum Gasteiger partial charge on any atom is -0.438 e. The molecule has 4 heterocycles. The van der Waals surface area contributed by atoms with Crippen LogP contribution in [0.5, 0.6) is 0 Å². The first-order valence-corrected chi connectivity index (χ1v) is 10.6. The molecular weight excluding hydrogens is 410 g/mol. The minimum absolute atomic E-state index is 0. The van der Waals surface area contributed by atoms with Crippen molar-refractivity contribution in [2.24, 2.45) is 0 Å². The van der Waals surface area contributed by atoms with E-state index in [1.165, 1.54) is 11.3 Å². The number of rotatable bonds is 7. The first kappa shape index (κ1) is 21.5. The Hall–Kier alpha value is -2.16. The summed E-state index contributed by atoms with van der Waals surface area (Å²) in [5, 5.41) is 1.93. The van der Waals surface area contributed by atoms with Gasteiger partial charge in [0.25, 0.3) is 5.91 Å². The first-order valence-electron chi connectivity index (χ1n) is 9.69. The van der Waals surface area contributed by atoms with Gasteiger partial charge in [0.05, 0.1) is 30.7 Å². The summed E-state index contributed by atoms with van der Waals surface area (Å²) < 4.78 is 8.04. The van der Waals surface area contributed by atoms with Crippen LogP contribution in [-0.4, -0.2) is 50.4 Å². The van der Waals surface area contributed by atoms with Crippen LogP contribution in [0.2, 0.25) is 0 Å². The van der Waals surface area contributed by atoms with E-state index in [1.807, 2.05) is 23.1 Å². The van der Waals surface area contributed by atoms with E-state index in [4.69, 9.17) is 4.42 Å². The van der Waals surface area contributed by atoms with E-state index in [0.717, 1.165) is 54.5 Å². The van der Waals surface area contributed by atoms with Crippen molar-refractivity contribution in [3.63, 3.8) is 0 Å².